The average molecular weight is 451 g/mol. The second-order valence-corrected chi connectivity index (χ2v) is 8.49. The molecule has 0 atom stereocenters. The predicted molar refractivity (Wildman–Crippen MR) is 105 cm³/mol. The van der Waals surface area contributed by atoms with Crippen LogP contribution in [0.4, 0.5) is 0 Å². The molecule has 0 aliphatic carbocycles. The number of hydrogen-bond donors (Lipinski definition) is 1. The van der Waals surface area contributed by atoms with Crippen molar-refractivity contribution in [2.75, 3.05) is 0 Å². The average Bonchev–Trinajstić information content (AvgIpc) is 3.20. The summed E-state index contributed by atoms with van der Waals surface area (Å²) in [6.07, 6.45) is 0. The number of hydrogen-bond acceptors (Lipinski definition) is 4. The Bertz CT molecular complexity index is 1050. The normalized spacial score (nSPS) is 15.9. The van der Waals surface area contributed by atoms with Gasteiger partial charge in [-0.15, -0.1) is 0 Å². The first kappa shape index (κ1) is 16.2. The molecule has 0 saturated carbocycles. The molecule has 2 aliphatic rings. The quantitative estimate of drug-likeness (QED) is 0.562. The van der Waals surface area contributed by atoms with Crippen LogP contribution in [-0.4, -0.2) is 9.70 Å². The summed E-state index contributed by atoms with van der Waals surface area (Å²) in [6.45, 7) is 0. The molecule has 1 amide bonds. The maximum atomic E-state index is 12.7. The number of nitrogens with one attached hydrogen (secondary N) is 1. The Morgan fingerprint density at radius 2 is 1.46 bits per heavy atom. The van der Waals surface area contributed by atoms with E-state index in [1.54, 1.807) is 42.5 Å². The summed E-state index contributed by atoms with van der Waals surface area (Å²) in [5, 5.41) is 21.0. The van der Waals surface area contributed by atoms with Crippen LogP contribution in [0.15, 0.2) is 59.7 Å². The van der Waals surface area contributed by atoms with E-state index in [-0.39, 0.29) is 9.70 Å². The van der Waals surface area contributed by atoms with E-state index in [0.717, 1.165) is 9.14 Å². The molecule has 0 radical (unpaired) electrons. The molecule has 26 heavy (non-hydrogen) atoms. The number of nitriles is 2. The molecule has 0 spiro atoms. The summed E-state index contributed by atoms with van der Waals surface area (Å²) in [4.78, 5) is 25.3. The molecule has 6 heteroatoms. The fourth-order valence-corrected chi connectivity index (χ4v) is 5.94. The number of amides is 1. The van der Waals surface area contributed by atoms with Gasteiger partial charge in [0.25, 0.3) is 0 Å². The zero-order valence-electron chi connectivity index (χ0n) is 13.2. The number of carbonyl (C=O) groups is 2. The van der Waals surface area contributed by atoms with Gasteiger partial charge < -0.3 is 0 Å². The molecule has 2 aromatic carbocycles. The summed E-state index contributed by atoms with van der Waals surface area (Å²) in [5.74, 6) is -0.300. The molecule has 1 N–H and O–H groups in total. The van der Waals surface area contributed by atoms with E-state index < -0.39 is 21.2 Å². The molecule has 124 valence electrons. The SMILES string of the molecule is N#Cc1cccc(C2=C3C(=O)[IH]C(c4cccc(C#N)c4)=C3C(=O)N2)c1. The van der Waals surface area contributed by atoms with E-state index in [1.165, 1.54) is 0 Å². The standard InChI is InChI=1S/C20H10IN3O2/c22-9-11-3-1-5-13(7-11)17-15-16(19(25)21-17)18(24-20(15)26)14-6-2-4-12(8-14)10-23/h1-8,21H,(H,24,26). The summed E-state index contributed by atoms with van der Waals surface area (Å²) >= 11 is -1.24. The summed E-state index contributed by atoms with van der Waals surface area (Å²) in [6, 6.07) is 18.0. The van der Waals surface area contributed by atoms with Gasteiger partial charge in [-0.1, -0.05) is 0 Å². The molecule has 0 bridgehead atoms. The molecular weight excluding hydrogens is 441 g/mol. The Hall–Kier alpha value is -3.23. The Balaban J connectivity index is 1.91. The van der Waals surface area contributed by atoms with Gasteiger partial charge in [-0.2, -0.15) is 0 Å². The van der Waals surface area contributed by atoms with Crippen molar-refractivity contribution in [2.24, 2.45) is 0 Å². The Kier molecular flexibility index (Phi) is 3.90. The summed E-state index contributed by atoms with van der Waals surface area (Å²) in [5.41, 5.74) is 3.68. The molecule has 4 rings (SSSR count). The zero-order chi connectivity index (χ0) is 18.3. The molecule has 0 saturated heterocycles. The number of rotatable bonds is 2. The number of fused-ring (bicyclic) bond motifs is 1. The predicted octanol–water partition coefficient (Wildman–Crippen LogP) is 2.93. The van der Waals surface area contributed by atoms with Crippen molar-refractivity contribution in [3.05, 3.63) is 81.9 Å². The van der Waals surface area contributed by atoms with Gasteiger partial charge in [-0.3, -0.25) is 0 Å². The zero-order valence-corrected chi connectivity index (χ0v) is 15.6. The monoisotopic (exact) mass is 451 g/mol. The number of benzene rings is 2. The Morgan fingerprint density at radius 3 is 2.12 bits per heavy atom. The van der Waals surface area contributed by atoms with Crippen LogP contribution in [0.5, 0.6) is 0 Å². The van der Waals surface area contributed by atoms with Crippen LogP contribution in [-0.2, 0) is 9.59 Å². The molecule has 2 aliphatic heterocycles. The Morgan fingerprint density at radius 1 is 0.846 bits per heavy atom. The first-order chi connectivity index (χ1) is 12.6. The van der Waals surface area contributed by atoms with Crippen molar-refractivity contribution in [3.63, 3.8) is 0 Å². The number of nitrogens with zero attached hydrogens (tertiary/aromatic N) is 2. The van der Waals surface area contributed by atoms with Gasteiger partial charge >= 0.3 is 160 Å². The van der Waals surface area contributed by atoms with Crippen LogP contribution in [0.2, 0.25) is 0 Å². The van der Waals surface area contributed by atoms with Crippen molar-refractivity contribution in [3.8, 4) is 12.1 Å². The molecule has 2 heterocycles. The van der Waals surface area contributed by atoms with Crippen molar-refractivity contribution >= 4 is 40.2 Å². The van der Waals surface area contributed by atoms with Gasteiger partial charge in [0.1, 0.15) is 0 Å². The second-order valence-electron chi connectivity index (χ2n) is 5.68. The summed E-state index contributed by atoms with van der Waals surface area (Å²) in [7, 11) is 0. The van der Waals surface area contributed by atoms with Crippen LogP contribution in [0.3, 0.4) is 0 Å². The third-order valence-electron chi connectivity index (χ3n) is 4.13. The van der Waals surface area contributed by atoms with Crippen LogP contribution in [0, 0.1) is 22.7 Å². The fraction of sp³-hybridized carbons (Fsp3) is 0. The molecule has 0 fully saturated rings. The van der Waals surface area contributed by atoms with E-state index in [1.807, 2.05) is 6.07 Å². The molecule has 5 nitrogen and oxygen atoms in total. The Labute approximate surface area is 159 Å². The van der Waals surface area contributed by atoms with Crippen molar-refractivity contribution in [1.29, 1.82) is 10.5 Å². The van der Waals surface area contributed by atoms with Crippen LogP contribution in [0.25, 0.3) is 9.28 Å². The van der Waals surface area contributed by atoms with E-state index >= 15 is 0 Å². The van der Waals surface area contributed by atoms with E-state index in [9.17, 15) is 9.59 Å². The molecule has 0 unspecified atom stereocenters. The van der Waals surface area contributed by atoms with Gasteiger partial charge in [0, 0.05) is 0 Å². The van der Waals surface area contributed by atoms with E-state index in [4.69, 9.17) is 10.5 Å². The van der Waals surface area contributed by atoms with E-state index in [2.05, 4.69) is 17.5 Å². The van der Waals surface area contributed by atoms with Gasteiger partial charge in [0.05, 0.1) is 0 Å². The number of halogens is 1. The van der Waals surface area contributed by atoms with Gasteiger partial charge in [-0.25, -0.2) is 0 Å². The topological polar surface area (TPSA) is 93.8 Å². The van der Waals surface area contributed by atoms with Gasteiger partial charge in [-0.05, 0) is 0 Å². The van der Waals surface area contributed by atoms with Crippen LogP contribution >= 0.6 is 21.2 Å². The van der Waals surface area contributed by atoms with E-state index in [0.29, 0.717) is 33.5 Å². The molecule has 0 aromatic heterocycles. The fourth-order valence-electron chi connectivity index (χ4n) is 2.99. The van der Waals surface area contributed by atoms with Crippen LogP contribution in [0.1, 0.15) is 22.3 Å². The van der Waals surface area contributed by atoms with Crippen molar-refractivity contribution in [2.45, 2.75) is 0 Å². The van der Waals surface area contributed by atoms with Gasteiger partial charge in [0.15, 0.2) is 0 Å². The molecular formula is C20H10IN3O2. The van der Waals surface area contributed by atoms with Crippen molar-refractivity contribution < 1.29 is 9.59 Å². The third kappa shape index (κ3) is 2.52. The number of carbonyl (C=O) groups excluding carboxylic acids is 2. The minimum atomic E-state index is -1.24. The third-order valence-corrected chi connectivity index (χ3v) is 7.08. The summed E-state index contributed by atoms with van der Waals surface area (Å²) < 4.78 is 0.745. The van der Waals surface area contributed by atoms with Crippen LogP contribution < -0.4 is 5.32 Å². The second kappa shape index (κ2) is 6.25. The first-order valence-corrected chi connectivity index (χ1v) is 9.99. The van der Waals surface area contributed by atoms with Gasteiger partial charge in [0.2, 0.25) is 0 Å². The molecule has 2 aromatic rings. The maximum absolute atomic E-state index is 12.7. The van der Waals surface area contributed by atoms with Crippen molar-refractivity contribution in [1.82, 2.24) is 5.32 Å². The first-order valence-electron chi connectivity index (χ1n) is 7.66. The minimum absolute atomic E-state index is 0.0153.